The van der Waals surface area contributed by atoms with Crippen molar-refractivity contribution < 1.29 is 28.4 Å². The molecule has 36 heavy (non-hydrogen) atoms. The number of benzene rings is 2. The highest BCUT2D eigenvalue weighted by atomic mass is 16.3. The molecule has 1 aliphatic heterocycles. The van der Waals surface area contributed by atoms with Crippen LogP contribution in [0.2, 0.25) is 0 Å². The molecule has 10 heteroatoms. The zero-order valence-electron chi connectivity index (χ0n) is 19.4. The van der Waals surface area contributed by atoms with Gasteiger partial charge in [-0.3, -0.25) is 24.0 Å². The Bertz CT molecular complexity index is 1250. The van der Waals surface area contributed by atoms with Gasteiger partial charge in [0.25, 0.3) is 11.8 Å². The average molecular weight is 491 g/mol. The number of hydrogen-bond acceptors (Lipinski definition) is 6. The van der Waals surface area contributed by atoms with Gasteiger partial charge in [0.15, 0.2) is 5.76 Å². The second-order valence-electron chi connectivity index (χ2n) is 8.50. The first-order chi connectivity index (χ1) is 17.4. The Kier molecular flexibility index (Phi) is 7.74. The van der Waals surface area contributed by atoms with Crippen LogP contribution < -0.4 is 21.3 Å². The van der Waals surface area contributed by atoms with E-state index in [-0.39, 0.29) is 24.6 Å². The Morgan fingerprint density at radius 3 is 2.47 bits per heavy atom. The first-order valence-electron chi connectivity index (χ1n) is 11.6. The number of carbonyl (C=O) groups excluding carboxylic acids is 5. The molecule has 2 atom stereocenters. The summed E-state index contributed by atoms with van der Waals surface area (Å²) in [5.74, 6) is -3.70. The smallest absolute Gasteiger partial charge is 0.289 e. The van der Waals surface area contributed by atoms with Gasteiger partial charge in [0.05, 0.1) is 12.6 Å². The zero-order valence-corrected chi connectivity index (χ0v) is 19.4. The first kappa shape index (κ1) is 24.6. The van der Waals surface area contributed by atoms with Crippen molar-refractivity contribution >= 4 is 40.4 Å². The van der Waals surface area contributed by atoms with Gasteiger partial charge in [-0.05, 0) is 30.5 Å². The number of furan rings is 1. The quantitative estimate of drug-likeness (QED) is 0.313. The molecule has 4 amide bonds. The number of ketones is 1. The Hall–Kier alpha value is -4.47. The summed E-state index contributed by atoms with van der Waals surface area (Å²) in [5.41, 5.74) is 1.34. The molecular weight excluding hydrogens is 464 g/mol. The third kappa shape index (κ3) is 6.15. The van der Waals surface area contributed by atoms with Crippen molar-refractivity contribution in [2.45, 2.75) is 25.4 Å². The second kappa shape index (κ2) is 11.3. The molecule has 2 heterocycles. The lowest BCUT2D eigenvalue weighted by atomic mass is 9.95. The van der Waals surface area contributed by atoms with Crippen molar-refractivity contribution in [3.05, 3.63) is 72.0 Å². The fourth-order valence-corrected chi connectivity index (χ4v) is 4.00. The van der Waals surface area contributed by atoms with Crippen molar-refractivity contribution in [1.82, 2.24) is 21.3 Å². The minimum atomic E-state index is -1.22. The number of carbonyl (C=O) groups is 5. The number of rotatable bonds is 10. The van der Waals surface area contributed by atoms with Gasteiger partial charge in [0.2, 0.25) is 17.6 Å². The lowest BCUT2D eigenvalue weighted by Gasteiger charge is -2.20. The third-order valence-corrected chi connectivity index (χ3v) is 5.91. The molecule has 1 aromatic heterocycles. The van der Waals surface area contributed by atoms with Crippen molar-refractivity contribution in [1.29, 1.82) is 0 Å². The zero-order chi connectivity index (χ0) is 25.5. The van der Waals surface area contributed by atoms with E-state index in [0.717, 1.165) is 10.9 Å². The van der Waals surface area contributed by atoms with Gasteiger partial charge in [-0.2, -0.15) is 0 Å². The van der Waals surface area contributed by atoms with Crippen LogP contribution in [0.5, 0.6) is 0 Å². The first-order valence-corrected chi connectivity index (χ1v) is 11.6. The number of fused-ring (bicyclic) bond motifs is 1. The summed E-state index contributed by atoms with van der Waals surface area (Å²) < 4.78 is 5.48. The van der Waals surface area contributed by atoms with E-state index >= 15 is 0 Å². The molecule has 2 aromatic carbocycles. The van der Waals surface area contributed by atoms with Crippen LogP contribution in [-0.4, -0.2) is 48.5 Å². The second-order valence-corrected chi connectivity index (χ2v) is 8.50. The molecule has 186 valence electrons. The van der Waals surface area contributed by atoms with E-state index in [9.17, 15) is 24.0 Å². The van der Waals surface area contributed by atoms with Crippen molar-refractivity contribution in [2.75, 3.05) is 13.1 Å². The van der Waals surface area contributed by atoms with E-state index in [0.29, 0.717) is 18.5 Å². The number of nitrogens with one attached hydrogen (secondary N) is 4. The van der Waals surface area contributed by atoms with E-state index in [2.05, 4.69) is 21.3 Å². The lowest BCUT2D eigenvalue weighted by Crippen LogP contribution is -2.50. The maximum absolute atomic E-state index is 12.9. The predicted octanol–water partition coefficient (Wildman–Crippen LogP) is 1.06. The van der Waals surface area contributed by atoms with E-state index in [1.54, 1.807) is 36.4 Å². The van der Waals surface area contributed by atoms with Crippen LogP contribution in [0, 0.1) is 5.92 Å². The van der Waals surface area contributed by atoms with Gasteiger partial charge >= 0.3 is 0 Å². The molecule has 4 rings (SSSR count). The van der Waals surface area contributed by atoms with Crippen LogP contribution in [0.3, 0.4) is 0 Å². The van der Waals surface area contributed by atoms with Gasteiger partial charge in [0.1, 0.15) is 5.58 Å². The van der Waals surface area contributed by atoms with Crippen LogP contribution in [-0.2, 0) is 25.7 Å². The van der Waals surface area contributed by atoms with Gasteiger partial charge in [-0.1, -0.05) is 48.5 Å². The number of Topliss-reactive ketones (excluding diaryl/α,β-unsaturated/α-hetero) is 1. The Labute approximate surface area is 206 Å². The normalized spacial score (nSPS) is 15.7. The summed E-state index contributed by atoms with van der Waals surface area (Å²) in [5, 5.41) is 10.9. The lowest BCUT2D eigenvalue weighted by molar-refractivity contribution is -0.140. The topological polar surface area (TPSA) is 147 Å². The molecule has 0 saturated carbocycles. The summed E-state index contributed by atoms with van der Waals surface area (Å²) in [6.45, 7) is 0.165. The molecule has 4 N–H and O–H groups in total. The molecule has 0 spiro atoms. The maximum Gasteiger partial charge on any atom is 0.289 e. The van der Waals surface area contributed by atoms with Gasteiger partial charge < -0.3 is 25.7 Å². The highest BCUT2D eigenvalue weighted by molar-refractivity contribution is 6.38. The fourth-order valence-electron chi connectivity index (χ4n) is 4.00. The Morgan fingerprint density at radius 2 is 1.75 bits per heavy atom. The Balaban J connectivity index is 1.36. The van der Waals surface area contributed by atoms with Crippen molar-refractivity contribution in [2.24, 2.45) is 5.92 Å². The Morgan fingerprint density at radius 1 is 1.00 bits per heavy atom. The molecule has 0 aliphatic carbocycles. The van der Waals surface area contributed by atoms with Gasteiger partial charge in [-0.15, -0.1) is 0 Å². The standard InChI is InChI=1S/C26H26N4O6/c31-22(15-29-25(34)21-13-17-8-4-5-9-20(17)36-21)30-19(12-18-10-11-27-24(18)33)23(32)26(35)28-14-16-6-2-1-3-7-16/h1-9,13,18-19H,10-12,14-15H2,(H,27,33)(H,28,35)(H,29,34)(H,30,31)/t18-,19-/m0/s1. The van der Waals surface area contributed by atoms with Gasteiger partial charge in [0, 0.05) is 24.4 Å². The summed E-state index contributed by atoms with van der Waals surface area (Å²) in [4.78, 5) is 62.5. The van der Waals surface area contributed by atoms with Crippen LogP contribution in [0.25, 0.3) is 11.0 Å². The predicted molar refractivity (Wildman–Crippen MR) is 130 cm³/mol. The van der Waals surface area contributed by atoms with Crippen molar-refractivity contribution in [3.8, 4) is 0 Å². The van der Waals surface area contributed by atoms with E-state index < -0.39 is 42.0 Å². The number of hydrogen-bond donors (Lipinski definition) is 4. The molecule has 0 bridgehead atoms. The van der Waals surface area contributed by atoms with Crippen LogP contribution in [0.4, 0.5) is 0 Å². The summed E-state index contributed by atoms with van der Waals surface area (Å²) in [6.07, 6.45) is 0.472. The molecule has 1 saturated heterocycles. The monoisotopic (exact) mass is 490 g/mol. The molecular formula is C26H26N4O6. The van der Waals surface area contributed by atoms with Crippen LogP contribution in [0.1, 0.15) is 29.0 Å². The maximum atomic E-state index is 12.9. The highest BCUT2D eigenvalue weighted by Crippen LogP contribution is 2.19. The van der Waals surface area contributed by atoms with E-state index in [1.165, 1.54) is 0 Å². The van der Waals surface area contributed by atoms with Gasteiger partial charge in [-0.25, -0.2) is 0 Å². The summed E-state index contributed by atoms with van der Waals surface area (Å²) in [6, 6.07) is 16.5. The molecule has 1 fully saturated rings. The molecule has 3 aromatic rings. The summed E-state index contributed by atoms with van der Waals surface area (Å²) in [7, 11) is 0. The largest absolute Gasteiger partial charge is 0.451 e. The average Bonchev–Trinajstić information content (AvgIpc) is 3.51. The number of amides is 4. The highest BCUT2D eigenvalue weighted by Gasteiger charge is 2.34. The van der Waals surface area contributed by atoms with E-state index in [4.69, 9.17) is 4.42 Å². The number of para-hydroxylation sites is 1. The van der Waals surface area contributed by atoms with Crippen molar-refractivity contribution in [3.63, 3.8) is 0 Å². The SMILES string of the molecule is O=C(CNC(=O)c1cc2ccccc2o1)N[C@@H](C[C@@H]1CCNC1=O)C(=O)C(=O)NCc1ccccc1. The molecule has 1 aliphatic rings. The molecule has 0 radical (unpaired) electrons. The minimum absolute atomic E-state index is 0.0211. The third-order valence-electron chi connectivity index (χ3n) is 5.91. The van der Waals surface area contributed by atoms with E-state index in [1.807, 2.05) is 24.3 Å². The molecule has 0 unspecified atom stereocenters. The van der Waals surface area contributed by atoms with Crippen LogP contribution in [0.15, 0.2) is 65.1 Å². The molecule has 10 nitrogen and oxygen atoms in total. The fraction of sp³-hybridized carbons (Fsp3) is 0.269. The minimum Gasteiger partial charge on any atom is -0.451 e. The summed E-state index contributed by atoms with van der Waals surface area (Å²) >= 11 is 0. The van der Waals surface area contributed by atoms with Crippen LogP contribution >= 0.6 is 0 Å².